The highest BCUT2D eigenvalue weighted by Gasteiger charge is 2.37. The van der Waals surface area contributed by atoms with Gasteiger partial charge < -0.3 is 15.2 Å². The molecule has 1 atom stereocenters. The number of nitroso groups, excluding NO2 is 1. The third-order valence-electron chi connectivity index (χ3n) is 5.51. The molecule has 1 unspecified atom stereocenters. The molecule has 0 fully saturated rings. The molecule has 0 radical (unpaired) electrons. The molecule has 1 aliphatic rings. The van der Waals surface area contributed by atoms with Gasteiger partial charge in [0.05, 0.1) is 10.6 Å². The molecule has 9 nitrogen and oxygen atoms in total. The summed E-state index contributed by atoms with van der Waals surface area (Å²) < 4.78 is 27.4. The summed E-state index contributed by atoms with van der Waals surface area (Å²) in [6, 6.07) is 11.7. The number of para-hydroxylation sites is 1. The third-order valence-corrected chi connectivity index (χ3v) is 7.36. The van der Waals surface area contributed by atoms with E-state index in [1.807, 2.05) is 25.1 Å². The van der Waals surface area contributed by atoms with E-state index in [4.69, 9.17) is 0 Å². The quantitative estimate of drug-likeness (QED) is 0.547. The van der Waals surface area contributed by atoms with Crippen molar-refractivity contribution in [3.05, 3.63) is 58.6 Å². The SMILES string of the molecule is CN(C)CCN(C)S(=O)(=O)c1ccc2c(c1)C(c1[nH]c3ccccc3c1N=O)C(=O)N2. The molecule has 0 aliphatic carbocycles. The summed E-state index contributed by atoms with van der Waals surface area (Å²) in [4.78, 5) is 29.5. The molecule has 3 aromatic rings. The Labute approximate surface area is 180 Å². The van der Waals surface area contributed by atoms with E-state index in [9.17, 15) is 18.1 Å². The molecule has 31 heavy (non-hydrogen) atoms. The largest absolute Gasteiger partial charge is 0.356 e. The molecular formula is C21H23N5O4S. The topological polar surface area (TPSA) is 115 Å². The van der Waals surface area contributed by atoms with Gasteiger partial charge in [0.25, 0.3) is 0 Å². The van der Waals surface area contributed by atoms with Crippen molar-refractivity contribution in [2.45, 2.75) is 10.8 Å². The molecule has 0 spiro atoms. The monoisotopic (exact) mass is 441 g/mol. The molecule has 10 heteroatoms. The van der Waals surface area contributed by atoms with Crippen LogP contribution in [0, 0.1) is 4.91 Å². The minimum Gasteiger partial charge on any atom is -0.356 e. The number of nitrogens with zero attached hydrogens (tertiary/aromatic N) is 3. The van der Waals surface area contributed by atoms with Crippen molar-refractivity contribution in [3.8, 4) is 0 Å². The van der Waals surface area contributed by atoms with Crippen molar-refractivity contribution >= 4 is 38.2 Å². The number of hydrogen-bond donors (Lipinski definition) is 2. The summed E-state index contributed by atoms with van der Waals surface area (Å²) in [7, 11) is 1.52. The minimum atomic E-state index is -3.75. The number of carbonyl (C=O) groups excluding carboxylic acids is 1. The number of sulfonamides is 1. The number of rotatable bonds is 7. The van der Waals surface area contributed by atoms with Crippen LogP contribution in [-0.4, -0.2) is 62.7 Å². The predicted octanol–water partition coefficient (Wildman–Crippen LogP) is 2.83. The van der Waals surface area contributed by atoms with Crippen LogP contribution in [0.5, 0.6) is 0 Å². The van der Waals surface area contributed by atoms with Gasteiger partial charge in [0.15, 0.2) is 0 Å². The third kappa shape index (κ3) is 3.62. The van der Waals surface area contributed by atoms with Gasteiger partial charge in [-0.15, -0.1) is 4.91 Å². The number of fused-ring (bicyclic) bond motifs is 2. The van der Waals surface area contributed by atoms with Gasteiger partial charge in [0.2, 0.25) is 15.9 Å². The normalized spacial score (nSPS) is 16.2. The zero-order chi connectivity index (χ0) is 22.3. The van der Waals surface area contributed by atoms with Gasteiger partial charge in [-0.3, -0.25) is 4.79 Å². The molecule has 0 saturated heterocycles. The Kier molecular flexibility index (Phi) is 5.38. The van der Waals surface area contributed by atoms with E-state index < -0.39 is 15.9 Å². The van der Waals surface area contributed by atoms with Gasteiger partial charge in [-0.05, 0) is 49.1 Å². The summed E-state index contributed by atoms with van der Waals surface area (Å²) >= 11 is 0. The Morgan fingerprint density at radius 3 is 2.52 bits per heavy atom. The predicted molar refractivity (Wildman–Crippen MR) is 119 cm³/mol. The molecule has 1 amide bonds. The van der Waals surface area contributed by atoms with Gasteiger partial charge in [-0.25, -0.2) is 8.42 Å². The van der Waals surface area contributed by atoms with E-state index in [1.54, 1.807) is 24.3 Å². The van der Waals surface area contributed by atoms with Gasteiger partial charge in [0.1, 0.15) is 11.6 Å². The molecule has 0 bridgehead atoms. The number of aromatic nitrogens is 1. The average Bonchev–Trinajstić information content (AvgIpc) is 3.26. The highest BCUT2D eigenvalue weighted by molar-refractivity contribution is 7.89. The van der Waals surface area contributed by atoms with E-state index in [0.717, 1.165) is 0 Å². The Morgan fingerprint density at radius 2 is 1.81 bits per heavy atom. The van der Waals surface area contributed by atoms with E-state index >= 15 is 0 Å². The first-order valence-corrected chi connectivity index (χ1v) is 11.2. The molecule has 4 rings (SSSR count). The van der Waals surface area contributed by atoms with Crippen LogP contribution in [0.2, 0.25) is 0 Å². The lowest BCUT2D eigenvalue weighted by molar-refractivity contribution is -0.116. The van der Waals surface area contributed by atoms with Gasteiger partial charge in [-0.2, -0.15) is 4.31 Å². The van der Waals surface area contributed by atoms with Crippen molar-refractivity contribution in [3.63, 3.8) is 0 Å². The van der Waals surface area contributed by atoms with Gasteiger partial charge >= 0.3 is 0 Å². The zero-order valence-corrected chi connectivity index (χ0v) is 18.2. The summed E-state index contributed by atoms with van der Waals surface area (Å²) in [5.41, 5.74) is 2.19. The molecule has 1 aromatic heterocycles. The average molecular weight is 442 g/mol. The standard InChI is InChI=1S/C21H23N5O4S/c1-25(2)10-11-26(3)31(29,30)13-8-9-17-15(12-13)18(21(27)23-17)20-19(24-28)14-6-4-5-7-16(14)22-20/h4-9,12,18,22H,10-11H2,1-3H3,(H,23,27). The molecule has 2 aromatic carbocycles. The van der Waals surface area contributed by atoms with Crippen LogP contribution >= 0.6 is 0 Å². The Morgan fingerprint density at radius 1 is 1.06 bits per heavy atom. The van der Waals surface area contributed by atoms with Crippen LogP contribution < -0.4 is 5.32 Å². The van der Waals surface area contributed by atoms with Crippen molar-refractivity contribution in [1.82, 2.24) is 14.2 Å². The highest BCUT2D eigenvalue weighted by Crippen LogP contribution is 2.44. The van der Waals surface area contributed by atoms with E-state index in [0.29, 0.717) is 40.9 Å². The second-order valence-electron chi connectivity index (χ2n) is 7.83. The molecule has 0 saturated carbocycles. The van der Waals surface area contributed by atoms with E-state index in [-0.39, 0.29) is 16.5 Å². The van der Waals surface area contributed by atoms with Crippen LogP contribution in [0.3, 0.4) is 0 Å². The number of carbonyl (C=O) groups is 1. The van der Waals surface area contributed by atoms with Crippen LogP contribution in [0.15, 0.2) is 52.5 Å². The maximum absolute atomic E-state index is 13.1. The number of likely N-dealkylation sites (N-methyl/N-ethyl adjacent to an activating group) is 2. The lowest BCUT2D eigenvalue weighted by Gasteiger charge is -2.20. The fourth-order valence-corrected chi connectivity index (χ4v) is 4.98. The summed E-state index contributed by atoms with van der Waals surface area (Å²) in [5.74, 6) is -1.21. The minimum absolute atomic E-state index is 0.0886. The smallest absolute Gasteiger partial charge is 0.242 e. The fraction of sp³-hybridized carbons (Fsp3) is 0.286. The summed E-state index contributed by atoms with van der Waals surface area (Å²) in [6.07, 6.45) is 0. The highest BCUT2D eigenvalue weighted by atomic mass is 32.2. The van der Waals surface area contributed by atoms with Crippen molar-refractivity contribution in [2.24, 2.45) is 5.18 Å². The van der Waals surface area contributed by atoms with E-state index in [1.165, 1.54) is 23.5 Å². The number of amides is 1. The lowest BCUT2D eigenvalue weighted by Crippen LogP contribution is -2.33. The van der Waals surface area contributed by atoms with Crippen LogP contribution in [0.4, 0.5) is 11.4 Å². The summed E-state index contributed by atoms with van der Waals surface area (Å²) in [5, 5.41) is 6.54. The van der Waals surface area contributed by atoms with E-state index in [2.05, 4.69) is 15.5 Å². The number of benzene rings is 2. The zero-order valence-electron chi connectivity index (χ0n) is 17.4. The maximum Gasteiger partial charge on any atom is 0.242 e. The number of aromatic amines is 1. The first-order chi connectivity index (χ1) is 14.7. The van der Waals surface area contributed by atoms with Crippen LogP contribution in [0.25, 0.3) is 10.9 Å². The molecule has 1 aliphatic heterocycles. The second kappa shape index (κ2) is 7.88. The lowest BCUT2D eigenvalue weighted by atomic mass is 9.96. The van der Waals surface area contributed by atoms with Crippen molar-refractivity contribution in [1.29, 1.82) is 0 Å². The van der Waals surface area contributed by atoms with Gasteiger partial charge in [0, 0.05) is 36.7 Å². The molecule has 2 heterocycles. The number of H-pyrrole nitrogens is 1. The maximum atomic E-state index is 13.1. The Bertz CT molecular complexity index is 1280. The molecular weight excluding hydrogens is 418 g/mol. The second-order valence-corrected chi connectivity index (χ2v) is 9.87. The number of anilines is 1. The van der Waals surface area contributed by atoms with Crippen molar-refractivity contribution < 1.29 is 13.2 Å². The number of hydrogen-bond acceptors (Lipinski definition) is 6. The molecule has 162 valence electrons. The molecule has 2 N–H and O–H groups in total. The first-order valence-electron chi connectivity index (χ1n) is 9.74. The fourth-order valence-electron chi connectivity index (χ4n) is 3.78. The van der Waals surface area contributed by atoms with Crippen LogP contribution in [0.1, 0.15) is 17.2 Å². The Balaban J connectivity index is 1.78. The summed E-state index contributed by atoms with van der Waals surface area (Å²) in [6.45, 7) is 0.904. The van der Waals surface area contributed by atoms with Crippen LogP contribution in [-0.2, 0) is 14.8 Å². The first kappa shape index (κ1) is 21.2. The van der Waals surface area contributed by atoms with Crippen molar-refractivity contribution in [2.75, 3.05) is 39.5 Å². The Hall–Kier alpha value is -3.08. The number of nitrogens with one attached hydrogen (secondary N) is 2. The van der Waals surface area contributed by atoms with Gasteiger partial charge in [-0.1, -0.05) is 18.2 Å².